The second kappa shape index (κ2) is 5.29. The third-order valence-electron chi connectivity index (χ3n) is 2.24. The van der Waals surface area contributed by atoms with E-state index in [9.17, 15) is 4.89 Å². The Morgan fingerprint density at radius 3 is 2.87 bits per heavy atom. The molecule has 1 fully saturated rings. The SMILES string of the molecule is [B][C@H]1CC(OP(O)(=S)I)[C@@](C)(COC)O1. The molecule has 4 atom stereocenters. The summed E-state index contributed by atoms with van der Waals surface area (Å²) in [5.41, 5.74) is -0.633. The topological polar surface area (TPSA) is 47.9 Å². The molecule has 0 aliphatic carbocycles. The van der Waals surface area contributed by atoms with Gasteiger partial charge in [0.25, 0.3) is 0 Å². The van der Waals surface area contributed by atoms with Crippen LogP contribution in [0.2, 0.25) is 0 Å². The van der Waals surface area contributed by atoms with E-state index in [1.807, 2.05) is 6.92 Å². The molecule has 0 spiro atoms. The first kappa shape index (κ1) is 14.3. The van der Waals surface area contributed by atoms with Crippen LogP contribution < -0.4 is 0 Å². The molecule has 1 heterocycles. The largest absolute Gasteiger partial charge is 0.382 e. The maximum absolute atomic E-state index is 9.52. The molecule has 2 unspecified atom stereocenters. The Hall–Kier alpha value is 1.28. The van der Waals surface area contributed by atoms with Crippen molar-refractivity contribution in [2.24, 2.45) is 0 Å². The van der Waals surface area contributed by atoms with Gasteiger partial charge in [0.2, 0.25) is 4.13 Å². The summed E-state index contributed by atoms with van der Waals surface area (Å²) in [5.74, 6) is 0. The van der Waals surface area contributed by atoms with Crippen molar-refractivity contribution < 1.29 is 18.9 Å². The van der Waals surface area contributed by atoms with Crippen molar-refractivity contribution >= 4 is 45.8 Å². The van der Waals surface area contributed by atoms with Gasteiger partial charge in [0.1, 0.15) is 13.4 Å². The average molecular weight is 362 g/mol. The molecule has 1 N–H and O–H groups in total. The lowest BCUT2D eigenvalue weighted by atomic mass is 9.93. The predicted octanol–water partition coefficient (Wildman–Crippen LogP) is 1.34. The molecule has 0 bridgehead atoms. The minimum absolute atomic E-state index is 0.319. The quantitative estimate of drug-likeness (QED) is 0.465. The zero-order chi connectivity index (χ0) is 11.7. The van der Waals surface area contributed by atoms with Gasteiger partial charge in [-0.2, -0.15) is 0 Å². The van der Waals surface area contributed by atoms with Crippen molar-refractivity contribution in [2.75, 3.05) is 13.7 Å². The molecule has 0 amide bonds. The van der Waals surface area contributed by atoms with Crippen LogP contribution >= 0.6 is 26.2 Å². The van der Waals surface area contributed by atoms with Crippen LogP contribution in [0.5, 0.6) is 0 Å². The number of halogens is 1. The highest BCUT2D eigenvalue weighted by Gasteiger charge is 2.45. The first-order valence-corrected chi connectivity index (χ1v) is 9.86. The first-order chi connectivity index (χ1) is 6.77. The molecule has 1 saturated heterocycles. The second-order valence-electron chi connectivity index (χ2n) is 3.68. The normalized spacial score (nSPS) is 40.3. The van der Waals surface area contributed by atoms with E-state index in [4.69, 9.17) is 33.7 Å². The van der Waals surface area contributed by atoms with Gasteiger partial charge >= 0.3 is 0 Å². The maximum Gasteiger partial charge on any atom is 0.247 e. The molecule has 0 saturated carbocycles. The van der Waals surface area contributed by atoms with E-state index in [0.29, 0.717) is 13.0 Å². The lowest BCUT2D eigenvalue weighted by Crippen LogP contribution is -2.41. The van der Waals surface area contributed by atoms with E-state index < -0.39 is 15.7 Å². The van der Waals surface area contributed by atoms with E-state index in [-0.39, 0.29) is 6.10 Å². The number of hydrogen-bond acceptors (Lipinski definition) is 4. The van der Waals surface area contributed by atoms with Crippen molar-refractivity contribution in [1.29, 1.82) is 0 Å². The van der Waals surface area contributed by atoms with Crippen LogP contribution in [0.1, 0.15) is 13.3 Å². The van der Waals surface area contributed by atoms with Gasteiger partial charge in [-0.05, 0) is 25.2 Å². The minimum Gasteiger partial charge on any atom is -0.382 e. The summed E-state index contributed by atoms with van der Waals surface area (Å²) >= 11 is 6.58. The zero-order valence-electron chi connectivity index (χ0n) is 8.55. The van der Waals surface area contributed by atoms with E-state index in [1.54, 1.807) is 29.2 Å². The highest BCUT2D eigenvalue weighted by atomic mass is 127. The van der Waals surface area contributed by atoms with Crippen molar-refractivity contribution in [3.63, 3.8) is 0 Å². The third-order valence-corrected chi connectivity index (χ3v) is 3.69. The van der Waals surface area contributed by atoms with Crippen molar-refractivity contribution in [3.8, 4) is 0 Å². The number of rotatable bonds is 4. The minimum atomic E-state index is -2.73. The molecule has 4 nitrogen and oxygen atoms in total. The molecule has 0 aromatic carbocycles. The maximum atomic E-state index is 9.52. The molecular formula is C7H13BIO4PS. The summed E-state index contributed by atoms with van der Waals surface area (Å²) in [7, 11) is 7.26. The first-order valence-electron chi connectivity index (χ1n) is 4.40. The van der Waals surface area contributed by atoms with Gasteiger partial charge < -0.3 is 18.9 Å². The molecule has 86 valence electrons. The molecule has 1 aliphatic heterocycles. The van der Waals surface area contributed by atoms with E-state index >= 15 is 0 Å². The Morgan fingerprint density at radius 1 is 1.80 bits per heavy atom. The molecule has 1 aliphatic rings. The highest BCUT2D eigenvalue weighted by Crippen LogP contribution is 2.55. The molecule has 8 heteroatoms. The highest BCUT2D eigenvalue weighted by molar-refractivity contribution is 14.2. The Bertz CT molecular complexity index is 276. The van der Waals surface area contributed by atoms with E-state index in [1.165, 1.54) is 0 Å². The average Bonchev–Trinajstić information content (AvgIpc) is 2.23. The Balaban J connectivity index is 2.73. The molecule has 2 radical (unpaired) electrons. The summed E-state index contributed by atoms with van der Waals surface area (Å²) in [5, 5.41) is 0. The fraction of sp³-hybridized carbons (Fsp3) is 1.00. The van der Waals surface area contributed by atoms with Gasteiger partial charge in [-0.3, -0.25) is 0 Å². The zero-order valence-corrected chi connectivity index (χ0v) is 12.4. The van der Waals surface area contributed by atoms with Crippen LogP contribution in [0.15, 0.2) is 0 Å². The van der Waals surface area contributed by atoms with Gasteiger partial charge in [0.05, 0.1) is 12.7 Å². The van der Waals surface area contributed by atoms with Crippen LogP contribution in [0.3, 0.4) is 0 Å². The molecular weight excluding hydrogens is 349 g/mol. The van der Waals surface area contributed by atoms with Gasteiger partial charge in [-0.1, -0.05) is 0 Å². The van der Waals surface area contributed by atoms with Gasteiger partial charge in [-0.25, -0.2) is 0 Å². The predicted molar refractivity (Wildman–Crippen MR) is 70.9 cm³/mol. The van der Waals surface area contributed by atoms with Gasteiger partial charge in [-0.15, -0.1) is 0 Å². The third kappa shape index (κ3) is 4.22. The Morgan fingerprint density at radius 2 is 2.40 bits per heavy atom. The monoisotopic (exact) mass is 362 g/mol. The van der Waals surface area contributed by atoms with E-state index in [0.717, 1.165) is 0 Å². The Kier molecular flexibility index (Phi) is 5.06. The summed E-state index contributed by atoms with van der Waals surface area (Å²) in [4.78, 5) is 9.52. The molecule has 15 heavy (non-hydrogen) atoms. The van der Waals surface area contributed by atoms with Crippen molar-refractivity contribution in [3.05, 3.63) is 0 Å². The summed E-state index contributed by atoms with van der Waals surface area (Å²) in [6, 6.07) is -0.395. The van der Waals surface area contributed by atoms with Crippen LogP contribution in [-0.2, 0) is 25.8 Å². The number of ether oxygens (including phenoxy) is 2. The van der Waals surface area contributed by atoms with Crippen LogP contribution in [0.25, 0.3) is 0 Å². The molecule has 0 aromatic heterocycles. The lowest BCUT2D eigenvalue weighted by Gasteiger charge is -2.30. The smallest absolute Gasteiger partial charge is 0.247 e. The number of hydrogen-bond donors (Lipinski definition) is 1. The van der Waals surface area contributed by atoms with Crippen LogP contribution in [0, 0.1) is 0 Å². The lowest BCUT2D eigenvalue weighted by molar-refractivity contribution is -0.0857. The summed E-state index contributed by atoms with van der Waals surface area (Å²) < 4.78 is 13.3. The van der Waals surface area contributed by atoms with Crippen LogP contribution in [0.4, 0.5) is 0 Å². The van der Waals surface area contributed by atoms with Gasteiger partial charge in [0.15, 0.2) is 0 Å². The number of methoxy groups -OCH3 is 1. The summed E-state index contributed by atoms with van der Waals surface area (Å²) in [6.45, 7) is 2.20. The molecule has 0 aromatic rings. The second-order valence-corrected chi connectivity index (χ2v) is 12.2. The van der Waals surface area contributed by atoms with Crippen LogP contribution in [-0.4, -0.2) is 44.2 Å². The van der Waals surface area contributed by atoms with Crippen molar-refractivity contribution in [2.45, 2.75) is 31.1 Å². The molecule has 1 rings (SSSR count). The standard InChI is InChI=1S/C7H13BIO4PS/c1-7(4-11-2)5(3-6(8)12-7)13-14(9,10)15/h5-6H,3-4H2,1-2H3,(H,10,15)/t5?,6-,7-,14?/m1/s1. The van der Waals surface area contributed by atoms with E-state index in [2.05, 4.69) is 0 Å². The summed E-state index contributed by atoms with van der Waals surface area (Å²) in [6.07, 6.45) is 0.196. The fourth-order valence-corrected chi connectivity index (χ4v) is 3.41. The van der Waals surface area contributed by atoms with Crippen molar-refractivity contribution in [1.82, 2.24) is 0 Å². The fourth-order valence-electron chi connectivity index (χ4n) is 1.66. The Labute approximate surface area is 109 Å². The van der Waals surface area contributed by atoms with Gasteiger partial charge in [0, 0.05) is 35.2 Å².